The van der Waals surface area contributed by atoms with Crippen molar-refractivity contribution in [3.05, 3.63) is 0 Å². The Bertz CT molecular complexity index is 135. The maximum Gasteiger partial charge on any atom is -0.00163 e. The van der Waals surface area contributed by atoms with Gasteiger partial charge in [-0.25, -0.2) is 0 Å². The van der Waals surface area contributed by atoms with Gasteiger partial charge >= 0.3 is 0 Å². The first-order chi connectivity index (χ1) is 9.47. The standard InChI is InChI=1S/C11H25N.C6H14.C2H6/c1-5-8-12(9-6-2)10-7-11(3)4;1-4-5-6(2)3;1-2/h11H,5-10H2,1-4H3;6H,4-5H2,1-3H3;1-2H3. The summed E-state index contributed by atoms with van der Waals surface area (Å²) >= 11 is 0. The third-order valence-electron chi connectivity index (χ3n) is 2.97. The van der Waals surface area contributed by atoms with Crippen molar-refractivity contribution in [2.24, 2.45) is 11.8 Å². The first-order valence-corrected chi connectivity index (χ1v) is 9.20. The molecule has 0 spiro atoms. The Kier molecular flexibility index (Phi) is 26.5. The lowest BCUT2D eigenvalue weighted by molar-refractivity contribution is 0.258. The van der Waals surface area contributed by atoms with Gasteiger partial charge in [0.25, 0.3) is 0 Å². The molecule has 0 aromatic rings. The van der Waals surface area contributed by atoms with Crippen molar-refractivity contribution in [3.63, 3.8) is 0 Å². The lowest BCUT2D eigenvalue weighted by atomic mass is 10.1. The van der Waals surface area contributed by atoms with E-state index in [0.29, 0.717) is 0 Å². The fraction of sp³-hybridized carbons (Fsp3) is 1.00. The summed E-state index contributed by atoms with van der Waals surface area (Å²) in [5, 5.41) is 0. The van der Waals surface area contributed by atoms with E-state index in [1.807, 2.05) is 13.8 Å². The molecule has 0 aromatic heterocycles. The van der Waals surface area contributed by atoms with Crippen molar-refractivity contribution >= 4 is 0 Å². The average Bonchev–Trinajstić information content (AvgIpc) is 2.39. The maximum atomic E-state index is 2.58. The predicted octanol–water partition coefficient (Wildman–Crippen LogP) is 6.62. The van der Waals surface area contributed by atoms with Crippen LogP contribution in [0.15, 0.2) is 0 Å². The summed E-state index contributed by atoms with van der Waals surface area (Å²) in [4.78, 5) is 2.58. The van der Waals surface area contributed by atoms with Gasteiger partial charge in [0.1, 0.15) is 0 Å². The molecule has 0 aliphatic rings. The molecule has 20 heavy (non-hydrogen) atoms. The summed E-state index contributed by atoms with van der Waals surface area (Å²) in [5.41, 5.74) is 0. The van der Waals surface area contributed by atoms with Gasteiger partial charge in [0, 0.05) is 0 Å². The minimum Gasteiger partial charge on any atom is -0.303 e. The highest BCUT2D eigenvalue weighted by Crippen LogP contribution is 2.03. The SMILES string of the molecule is CC.CCCC(C)C.CCCN(CCC)CCC(C)C. The molecule has 0 bridgehead atoms. The molecule has 0 aromatic carbocycles. The van der Waals surface area contributed by atoms with Crippen molar-refractivity contribution in [1.29, 1.82) is 0 Å². The second-order valence-electron chi connectivity index (χ2n) is 6.21. The number of hydrogen-bond acceptors (Lipinski definition) is 1. The van der Waals surface area contributed by atoms with Gasteiger partial charge in [-0.05, 0) is 50.7 Å². The second kappa shape index (κ2) is 21.3. The van der Waals surface area contributed by atoms with Crippen LogP contribution in [0.5, 0.6) is 0 Å². The summed E-state index contributed by atoms with van der Waals surface area (Å²) < 4.78 is 0. The number of nitrogens with zero attached hydrogens (tertiary/aromatic N) is 1. The lowest BCUT2D eigenvalue weighted by Gasteiger charge is -2.21. The van der Waals surface area contributed by atoms with Crippen LogP contribution in [0.3, 0.4) is 0 Å². The van der Waals surface area contributed by atoms with Crippen LogP contribution in [-0.4, -0.2) is 24.5 Å². The highest BCUT2D eigenvalue weighted by atomic mass is 15.1. The molecule has 1 nitrogen and oxygen atoms in total. The fourth-order valence-corrected chi connectivity index (χ4v) is 1.99. The van der Waals surface area contributed by atoms with Crippen LogP contribution in [0.2, 0.25) is 0 Å². The van der Waals surface area contributed by atoms with E-state index in [9.17, 15) is 0 Å². The largest absolute Gasteiger partial charge is 0.303 e. The second-order valence-corrected chi connectivity index (χ2v) is 6.21. The Labute approximate surface area is 131 Å². The molecule has 0 aliphatic heterocycles. The van der Waals surface area contributed by atoms with Crippen LogP contribution in [0.25, 0.3) is 0 Å². The van der Waals surface area contributed by atoms with Crippen molar-refractivity contribution in [2.75, 3.05) is 19.6 Å². The van der Waals surface area contributed by atoms with E-state index in [4.69, 9.17) is 0 Å². The van der Waals surface area contributed by atoms with Crippen LogP contribution in [-0.2, 0) is 0 Å². The van der Waals surface area contributed by atoms with E-state index in [1.54, 1.807) is 0 Å². The molecule has 0 heterocycles. The van der Waals surface area contributed by atoms with Gasteiger partial charge in [-0.2, -0.15) is 0 Å². The highest BCUT2D eigenvalue weighted by Gasteiger charge is 2.02. The van der Waals surface area contributed by atoms with E-state index in [1.165, 1.54) is 51.7 Å². The van der Waals surface area contributed by atoms with Crippen molar-refractivity contribution in [2.45, 2.75) is 94.4 Å². The summed E-state index contributed by atoms with van der Waals surface area (Å²) in [7, 11) is 0. The van der Waals surface area contributed by atoms with Crippen molar-refractivity contribution in [1.82, 2.24) is 4.90 Å². The Hall–Kier alpha value is -0.0400. The first-order valence-electron chi connectivity index (χ1n) is 9.20. The third kappa shape index (κ3) is 26.5. The van der Waals surface area contributed by atoms with E-state index in [0.717, 1.165) is 11.8 Å². The molecule has 0 rings (SSSR count). The highest BCUT2D eigenvalue weighted by molar-refractivity contribution is 4.57. The van der Waals surface area contributed by atoms with Gasteiger partial charge in [-0.3, -0.25) is 0 Å². The minimum atomic E-state index is 0.848. The molecule has 0 N–H and O–H groups in total. The zero-order valence-electron chi connectivity index (χ0n) is 16.3. The maximum absolute atomic E-state index is 2.58. The fourth-order valence-electron chi connectivity index (χ4n) is 1.99. The number of rotatable bonds is 9. The zero-order valence-corrected chi connectivity index (χ0v) is 16.3. The van der Waals surface area contributed by atoms with Crippen LogP contribution < -0.4 is 0 Å². The molecule has 126 valence electrons. The lowest BCUT2D eigenvalue weighted by Crippen LogP contribution is -2.27. The molecule has 0 radical (unpaired) electrons. The van der Waals surface area contributed by atoms with E-state index in [2.05, 4.69) is 53.4 Å². The van der Waals surface area contributed by atoms with E-state index in [-0.39, 0.29) is 0 Å². The Morgan fingerprint density at radius 3 is 1.20 bits per heavy atom. The molecule has 0 unspecified atom stereocenters. The first kappa shape index (κ1) is 24.9. The Morgan fingerprint density at radius 1 is 0.600 bits per heavy atom. The summed E-state index contributed by atoms with van der Waals surface area (Å²) in [6.07, 6.45) is 6.63. The molecule has 0 atom stereocenters. The molecule has 0 amide bonds. The van der Waals surface area contributed by atoms with Crippen LogP contribution >= 0.6 is 0 Å². The summed E-state index contributed by atoms with van der Waals surface area (Å²) in [6.45, 7) is 23.7. The predicted molar refractivity (Wildman–Crippen MR) is 97.6 cm³/mol. The van der Waals surface area contributed by atoms with Crippen LogP contribution in [0, 0.1) is 11.8 Å². The minimum absolute atomic E-state index is 0.848. The zero-order chi connectivity index (χ0) is 16.4. The van der Waals surface area contributed by atoms with Gasteiger partial charge in [0.05, 0.1) is 0 Å². The van der Waals surface area contributed by atoms with E-state index < -0.39 is 0 Å². The summed E-state index contributed by atoms with van der Waals surface area (Å²) in [5.74, 6) is 1.75. The topological polar surface area (TPSA) is 3.24 Å². The van der Waals surface area contributed by atoms with Gasteiger partial charge in [-0.15, -0.1) is 0 Å². The number of hydrogen-bond donors (Lipinski definition) is 0. The molecule has 0 fully saturated rings. The monoisotopic (exact) mass is 287 g/mol. The van der Waals surface area contributed by atoms with Crippen molar-refractivity contribution < 1.29 is 0 Å². The van der Waals surface area contributed by atoms with E-state index >= 15 is 0 Å². The molecule has 0 saturated heterocycles. The smallest absolute Gasteiger partial charge is 0.00163 e. The Balaban J connectivity index is -0.000000304. The quantitative estimate of drug-likeness (QED) is 0.460. The van der Waals surface area contributed by atoms with Gasteiger partial charge in [0.2, 0.25) is 0 Å². The van der Waals surface area contributed by atoms with Gasteiger partial charge < -0.3 is 4.90 Å². The normalized spacial score (nSPS) is 10.2. The van der Waals surface area contributed by atoms with Crippen LogP contribution in [0.1, 0.15) is 94.4 Å². The molecule has 0 aliphatic carbocycles. The summed E-state index contributed by atoms with van der Waals surface area (Å²) in [6, 6.07) is 0. The molecule has 1 heteroatoms. The average molecular weight is 288 g/mol. The molecular weight excluding hydrogens is 242 g/mol. The van der Waals surface area contributed by atoms with Gasteiger partial charge in [0.15, 0.2) is 0 Å². The van der Waals surface area contributed by atoms with Gasteiger partial charge in [-0.1, -0.05) is 75.2 Å². The van der Waals surface area contributed by atoms with Crippen LogP contribution in [0.4, 0.5) is 0 Å². The third-order valence-corrected chi connectivity index (χ3v) is 2.97. The molecule has 0 saturated carbocycles. The Morgan fingerprint density at radius 2 is 1.00 bits per heavy atom. The van der Waals surface area contributed by atoms with Crippen molar-refractivity contribution in [3.8, 4) is 0 Å². The molecular formula is C19H45N.